The zero-order valence-electron chi connectivity index (χ0n) is 7.27. The summed E-state index contributed by atoms with van der Waals surface area (Å²) in [6.45, 7) is 1.64. The van der Waals surface area contributed by atoms with Crippen LogP contribution in [0.1, 0.15) is 6.92 Å². The molecule has 1 heterocycles. The van der Waals surface area contributed by atoms with Gasteiger partial charge in [0.15, 0.2) is 0 Å². The van der Waals surface area contributed by atoms with E-state index >= 15 is 0 Å². The van der Waals surface area contributed by atoms with Gasteiger partial charge in [-0.05, 0) is 19.1 Å². The molecule has 1 unspecified atom stereocenters. The average Bonchev–Trinajstić information content (AvgIpc) is 2.50. The predicted octanol–water partition coefficient (Wildman–Crippen LogP) is 0.0457. The van der Waals surface area contributed by atoms with Gasteiger partial charge in [0.1, 0.15) is 12.4 Å². The number of H-pyrrole nitrogens is 1. The maximum absolute atomic E-state index is 11.2. The average molecular weight is 202 g/mol. The van der Waals surface area contributed by atoms with E-state index in [1.54, 1.807) is 6.92 Å². The number of nitrogens with zero attached hydrogens (tertiary/aromatic N) is 2. The second kappa shape index (κ2) is 4.15. The molecule has 1 aromatic heterocycles. The Balaban J connectivity index is 2.65. The third-order valence-electron chi connectivity index (χ3n) is 1.51. The van der Waals surface area contributed by atoms with Gasteiger partial charge in [-0.3, -0.25) is 15.3 Å². The first-order chi connectivity index (χ1) is 6.15. The second-order valence-electron chi connectivity index (χ2n) is 2.39. The number of amides is 1. The molecule has 6 nitrogen and oxygen atoms in total. The molecule has 0 saturated carbocycles. The summed E-state index contributed by atoms with van der Waals surface area (Å²) in [5.74, 6) is -0.278. The van der Waals surface area contributed by atoms with Crippen molar-refractivity contribution in [3.8, 4) is 0 Å². The third kappa shape index (κ3) is 2.36. The lowest BCUT2D eigenvalue weighted by Gasteiger charge is -2.09. The second-order valence-corrected chi connectivity index (χ2v) is 2.77. The van der Waals surface area contributed by atoms with Crippen LogP contribution < -0.4 is 5.43 Å². The molecule has 13 heavy (non-hydrogen) atoms. The third-order valence-corrected chi connectivity index (χ3v) is 1.79. The molecule has 1 rings (SSSR count). The number of rotatable bonds is 3. The predicted molar refractivity (Wildman–Crippen MR) is 48.3 cm³/mol. The van der Waals surface area contributed by atoms with Crippen LogP contribution >= 0.6 is 12.2 Å². The van der Waals surface area contributed by atoms with Crippen LogP contribution in [0, 0.1) is 4.77 Å². The Morgan fingerprint density at radius 1 is 1.92 bits per heavy atom. The topological polar surface area (TPSA) is 71.9 Å². The number of nitrogens with one attached hydrogen (secondary N) is 2. The maximum Gasteiger partial charge on any atom is 0.267 e. The molecule has 0 fully saturated rings. The summed E-state index contributed by atoms with van der Waals surface area (Å²) in [6, 6.07) is 0. The highest BCUT2D eigenvalue weighted by Crippen LogP contribution is 1.89. The van der Waals surface area contributed by atoms with Gasteiger partial charge in [-0.2, -0.15) is 5.10 Å². The lowest BCUT2D eigenvalue weighted by Crippen LogP contribution is -2.32. The molecule has 0 aromatic carbocycles. The summed E-state index contributed by atoms with van der Waals surface area (Å²) in [5, 5.41) is 6.14. The molecule has 1 amide bonds. The maximum atomic E-state index is 11.2. The Morgan fingerprint density at radius 2 is 2.62 bits per heavy atom. The zero-order chi connectivity index (χ0) is 9.84. The minimum absolute atomic E-state index is 0.278. The summed E-state index contributed by atoms with van der Waals surface area (Å²) < 4.78 is 6.45. The van der Waals surface area contributed by atoms with Crippen molar-refractivity contribution in [3.05, 3.63) is 11.1 Å². The molecular formula is C6H10N4O2S. The summed E-state index contributed by atoms with van der Waals surface area (Å²) in [4.78, 5) is 11.2. The summed E-state index contributed by atoms with van der Waals surface area (Å²) in [7, 11) is 1.46. The smallest absolute Gasteiger partial charge is 0.267 e. The van der Waals surface area contributed by atoms with Crippen LogP contribution in [0.2, 0.25) is 0 Å². The Hall–Kier alpha value is -1.21. The van der Waals surface area contributed by atoms with Crippen LogP contribution in [0.5, 0.6) is 0 Å². The highest BCUT2D eigenvalue weighted by atomic mass is 32.1. The molecule has 0 saturated heterocycles. The molecule has 0 radical (unpaired) electrons. The van der Waals surface area contributed by atoms with Gasteiger partial charge >= 0.3 is 0 Å². The van der Waals surface area contributed by atoms with E-state index in [4.69, 9.17) is 17.0 Å². The normalized spacial score (nSPS) is 12.5. The fourth-order valence-electron chi connectivity index (χ4n) is 0.644. The van der Waals surface area contributed by atoms with E-state index in [0.717, 1.165) is 0 Å². The first kappa shape index (κ1) is 9.87. The molecule has 2 N–H and O–H groups in total. The number of hydrogen-bond acceptors (Lipinski definition) is 4. The number of hydrogen-bond donors (Lipinski definition) is 2. The van der Waals surface area contributed by atoms with Crippen molar-refractivity contribution >= 4 is 18.1 Å². The largest absolute Gasteiger partial charge is 0.372 e. The molecule has 1 aromatic rings. The van der Waals surface area contributed by atoms with Gasteiger partial charge in [-0.1, -0.05) is 0 Å². The standard InChI is InChI=1S/C6H10N4O2S/c1-4(12-2)5(11)9-10-3-7-8-6(10)13/h3-4H,1-2H3,(H,8,13)(H,9,11). The van der Waals surface area contributed by atoms with Crippen molar-refractivity contribution in [2.75, 3.05) is 12.5 Å². The SMILES string of the molecule is COC(C)C(=O)Nn1cn[nH]c1=S. The zero-order valence-corrected chi connectivity index (χ0v) is 8.09. The van der Waals surface area contributed by atoms with E-state index in [-0.39, 0.29) is 5.91 Å². The first-order valence-electron chi connectivity index (χ1n) is 3.61. The molecule has 0 spiro atoms. The first-order valence-corrected chi connectivity index (χ1v) is 4.01. The van der Waals surface area contributed by atoms with Crippen molar-refractivity contribution in [3.63, 3.8) is 0 Å². The van der Waals surface area contributed by atoms with Crippen LogP contribution in [0.3, 0.4) is 0 Å². The molecule has 72 valence electrons. The lowest BCUT2D eigenvalue weighted by molar-refractivity contribution is -0.125. The van der Waals surface area contributed by atoms with Gasteiger partial charge in [0, 0.05) is 7.11 Å². The van der Waals surface area contributed by atoms with Crippen LogP contribution in [0.25, 0.3) is 0 Å². The summed E-state index contributed by atoms with van der Waals surface area (Å²) in [6.07, 6.45) is 0.861. The summed E-state index contributed by atoms with van der Waals surface area (Å²) in [5.41, 5.74) is 2.50. The van der Waals surface area contributed by atoms with Crippen LogP contribution in [0.15, 0.2) is 6.33 Å². The minimum Gasteiger partial charge on any atom is -0.372 e. The van der Waals surface area contributed by atoms with Crippen molar-refractivity contribution in [1.29, 1.82) is 0 Å². The van der Waals surface area contributed by atoms with E-state index in [9.17, 15) is 4.79 Å². The highest BCUT2D eigenvalue weighted by Gasteiger charge is 2.11. The van der Waals surface area contributed by atoms with Crippen molar-refractivity contribution in [1.82, 2.24) is 14.9 Å². The van der Waals surface area contributed by atoms with Crippen LogP contribution in [-0.2, 0) is 9.53 Å². The van der Waals surface area contributed by atoms with E-state index in [0.29, 0.717) is 4.77 Å². The number of ether oxygens (including phenoxy) is 1. The minimum atomic E-state index is -0.517. The number of aromatic amines is 1. The molecule has 7 heteroatoms. The van der Waals surface area contributed by atoms with E-state index < -0.39 is 6.10 Å². The van der Waals surface area contributed by atoms with Crippen LogP contribution in [-0.4, -0.2) is 34.0 Å². The Kier molecular flexibility index (Phi) is 3.15. The molecule has 0 aliphatic carbocycles. The van der Waals surface area contributed by atoms with Crippen molar-refractivity contribution in [2.45, 2.75) is 13.0 Å². The monoisotopic (exact) mass is 202 g/mol. The van der Waals surface area contributed by atoms with Crippen molar-refractivity contribution < 1.29 is 9.53 Å². The van der Waals surface area contributed by atoms with Crippen LogP contribution in [0.4, 0.5) is 0 Å². The number of carbonyl (C=O) groups excluding carboxylic acids is 1. The number of carbonyl (C=O) groups is 1. The fourth-order valence-corrected chi connectivity index (χ4v) is 0.790. The quantitative estimate of drug-likeness (QED) is 0.679. The molecular weight excluding hydrogens is 192 g/mol. The van der Waals surface area contributed by atoms with Gasteiger partial charge in [-0.15, -0.1) is 0 Å². The molecule has 1 atom stereocenters. The van der Waals surface area contributed by atoms with Gasteiger partial charge in [0.25, 0.3) is 5.91 Å². The van der Waals surface area contributed by atoms with Gasteiger partial charge in [0.05, 0.1) is 0 Å². The Labute approximate surface area is 79.9 Å². The molecule has 0 aliphatic rings. The lowest BCUT2D eigenvalue weighted by atomic mass is 10.4. The van der Waals surface area contributed by atoms with Crippen molar-refractivity contribution in [2.24, 2.45) is 0 Å². The highest BCUT2D eigenvalue weighted by molar-refractivity contribution is 7.71. The van der Waals surface area contributed by atoms with Gasteiger partial charge < -0.3 is 4.74 Å². The number of methoxy groups -OCH3 is 1. The van der Waals surface area contributed by atoms with E-state index in [2.05, 4.69) is 15.6 Å². The van der Waals surface area contributed by atoms with E-state index in [1.165, 1.54) is 18.1 Å². The van der Waals surface area contributed by atoms with Gasteiger partial charge in [0.2, 0.25) is 4.77 Å². The Morgan fingerprint density at radius 3 is 3.08 bits per heavy atom. The molecule has 0 bridgehead atoms. The summed E-state index contributed by atoms with van der Waals surface area (Å²) >= 11 is 4.82. The van der Waals surface area contributed by atoms with Gasteiger partial charge in [-0.25, -0.2) is 4.68 Å². The number of aromatic nitrogens is 3. The fraction of sp³-hybridized carbons (Fsp3) is 0.500. The van der Waals surface area contributed by atoms with E-state index in [1.807, 2.05) is 0 Å². The Bertz CT molecular complexity index is 344. The molecule has 0 aliphatic heterocycles.